The minimum Gasteiger partial charge on any atom is -0.323 e. The molecule has 2 fully saturated rings. The SMILES string of the molecule is CC[C@H](CNC1CCC2(CC1)NC(=O)NC2=O)c1ccc(Cl)cc1. The number of imide groups is 1. The lowest BCUT2D eigenvalue weighted by molar-refractivity contribution is -0.125. The largest absolute Gasteiger partial charge is 0.323 e. The number of hydrogen-bond donors (Lipinski definition) is 3. The van der Waals surface area contributed by atoms with Gasteiger partial charge in [-0.1, -0.05) is 30.7 Å². The first-order valence-electron chi connectivity index (χ1n) is 8.65. The van der Waals surface area contributed by atoms with Crippen LogP contribution < -0.4 is 16.0 Å². The summed E-state index contributed by atoms with van der Waals surface area (Å²) in [6.45, 7) is 3.10. The Morgan fingerprint density at radius 2 is 1.92 bits per heavy atom. The molecule has 3 amide bonds. The van der Waals surface area contributed by atoms with Crippen molar-refractivity contribution in [3.05, 3.63) is 34.9 Å². The fourth-order valence-corrected chi connectivity index (χ4v) is 3.86. The van der Waals surface area contributed by atoms with E-state index in [-0.39, 0.29) is 11.9 Å². The van der Waals surface area contributed by atoms with E-state index in [0.717, 1.165) is 30.8 Å². The lowest BCUT2D eigenvalue weighted by atomic mass is 9.79. The van der Waals surface area contributed by atoms with E-state index in [4.69, 9.17) is 11.6 Å². The molecule has 6 heteroatoms. The highest BCUT2D eigenvalue weighted by atomic mass is 35.5. The van der Waals surface area contributed by atoms with E-state index in [9.17, 15) is 9.59 Å². The van der Waals surface area contributed by atoms with Gasteiger partial charge in [0.1, 0.15) is 5.54 Å². The minimum atomic E-state index is -0.671. The van der Waals surface area contributed by atoms with Gasteiger partial charge in [-0.05, 0) is 55.7 Å². The summed E-state index contributed by atoms with van der Waals surface area (Å²) < 4.78 is 0. The molecule has 1 aliphatic carbocycles. The van der Waals surface area contributed by atoms with Crippen LogP contribution in [0.4, 0.5) is 4.79 Å². The van der Waals surface area contributed by atoms with Crippen LogP contribution >= 0.6 is 11.6 Å². The molecule has 5 nitrogen and oxygen atoms in total. The van der Waals surface area contributed by atoms with Crippen LogP contribution in [0, 0.1) is 0 Å². The zero-order chi connectivity index (χ0) is 17.2. The van der Waals surface area contributed by atoms with Crippen LogP contribution in [0.5, 0.6) is 0 Å². The molecule has 0 aromatic heterocycles. The molecule has 0 radical (unpaired) electrons. The van der Waals surface area contributed by atoms with E-state index in [0.29, 0.717) is 24.8 Å². The van der Waals surface area contributed by atoms with Crippen molar-refractivity contribution in [2.24, 2.45) is 0 Å². The number of amides is 3. The van der Waals surface area contributed by atoms with Gasteiger partial charge in [0.2, 0.25) is 0 Å². The Morgan fingerprint density at radius 1 is 1.25 bits per heavy atom. The molecule has 1 saturated carbocycles. The van der Waals surface area contributed by atoms with E-state index in [1.165, 1.54) is 5.56 Å². The molecule has 1 spiro atoms. The van der Waals surface area contributed by atoms with Crippen molar-refractivity contribution < 1.29 is 9.59 Å². The Kier molecular flexibility index (Phi) is 5.11. The summed E-state index contributed by atoms with van der Waals surface area (Å²) >= 11 is 5.96. The van der Waals surface area contributed by atoms with Gasteiger partial charge in [0.05, 0.1) is 0 Å². The molecule has 3 N–H and O–H groups in total. The summed E-state index contributed by atoms with van der Waals surface area (Å²) in [6, 6.07) is 8.08. The fourth-order valence-electron chi connectivity index (χ4n) is 3.74. The molecule has 1 atom stereocenters. The average molecular weight is 350 g/mol. The number of rotatable bonds is 5. The number of urea groups is 1. The van der Waals surface area contributed by atoms with Crippen LogP contribution in [-0.4, -0.2) is 30.1 Å². The monoisotopic (exact) mass is 349 g/mol. The highest BCUT2D eigenvalue weighted by Gasteiger charge is 2.47. The number of benzene rings is 1. The Hall–Kier alpha value is -1.59. The van der Waals surface area contributed by atoms with Crippen molar-refractivity contribution in [2.75, 3.05) is 6.54 Å². The minimum absolute atomic E-state index is 0.168. The second-order valence-corrected chi connectivity index (χ2v) is 7.27. The van der Waals surface area contributed by atoms with Crippen LogP contribution in [0.1, 0.15) is 50.5 Å². The summed E-state index contributed by atoms with van der Waals surface area (Å²) in [5.74, 6) is 0.284. The van der Waals surface area contributed by atoms with Gasteiger partial charge in [0.15, 0.2) is 0 Å². The number of nitrogens with one attached hydrogen (secondary N) is 3. The first-order chi connectivity index (χ1) is 11.5. The van der Waals surface area contributed by atoms with Crippen molar-refractivity contribution in [3.8, 4) is 0 Å². The van der Waals surface area contributed by atoms with Crippen LogP contribution in [0.15, 0.2) is 24.3 Å². The Morgan fingerprint density at radius 3 is 2.46 bits per heavy atom. The van der Waals surface area contributed by atoms with Gasteiger partial charge in [-0.3, -0.25) is 10.1 Å². The fraction of sp³-hybridized carbons (Fsp3) is 0.556. The van der Waals surface area contributed by atoms with Gasteiger partial charge < -0.3 is 10.6 Å². The molecule has 24 heavy (non-hydrogen) atoms. The molecule has 1 aromatic carbocycles. The van der Waals surface area contributed by atoms with Gasteiger partial charge in [-0.25, -0.2) is 4.79 Å². The summed E-state index contributed by atoms with van der Waals surface area (Å²) in [4.78, 5) is 23.3. The lowest BCUT2D eigenvalue weighted by Gasteiger charge is -2.35. The van der Waals surface area contributed by atoms with Gasteiger partial charge in [-0.15, -0.1) is 0 Å². The van der Waals surface area contributed by atoms with Crippen molar-refractivity contribution >= 4 is 23.5 Å². The van der Waals surface area contributed by atoms with Crippen LogP contribution in [0.3, 0.4) is 0 Å². The predicted molar refractivity (Wildman–Crippen MR) is 94.1 cm³/mol. The van der Waals surface area contributed by atoms with Gasteiger partial charge >= 0.3 is 6.03 Å². The first-order valence-corrected chi connectivity index (χ1v) is 9.02. The maximum Gasteiger partial charge on any atom is 0.322 e. The molecule has 3 rings (SSSR count). The van der Waals surface area contributed by atoms with Crippen LogP contribution in [0.25, 0.3) is 0 Å². The molecule has 1 saturated heterocycles. The topological polar surface area (TPSA) is 70.2 Å². The van der Waals surface area contributed by atoms with E-state index in [1.54, 1.807) is 0 Å². The van der Waals surface area contributed by atoms with Crippen molar-refractivity contribution in [2.45, 2.75) is 56.5 Å². The Bertz CT molecular complexity index is 609. The summed E-state index contributed by atoms with van der Waals surface area (Å²) in [5, 5.41) is 9.57. The summed E-state index contributed by atoms with van der Waals surface area (Å²) in [6.07, 6.45) is 4.24. The zero-order valence-electron chi connectivity index (χ0n) is 13.9. The van der Waals surface area contributed by atoms with E-state index >= 15 is 0 Å². The van der Waals surface area contributed by atoms with E-state index < -0.39 is 5.54 Å². The van der Waals surface area contributed by atoms with Crippen LogP contribution in [-0.2, 0) is 4.79 Å². The highest BCUT2D eigenvalue weighted by Crippen LogP contribution is 2.31. The number of carbonyl (C=O) groups is 2. The second kappa shape index (κ2) is 7.11. The van der Waals surface area contributed by atoms with Crippen molar-refractivity contribution in [1.82, 2.24) is 16.0 Å². The summed E-state index contributed by atoms with van der Waals surface area (Å²) in [7, 11) is 0. The number of hydrogen-bond acceptors (Lipinski definition) is 3. The summed E-state index contributed by atoms with van der Waals surface area (Å²) in [5.41, 5.74) is 0.624. The molecular weight excluding hydrogens is 326 g/mol. The number of carbonyl (C=O) groups excluding carboxylic acids is 2. The second-order valence-electron chi connectivity index (χ2n) is 6.83. The molecule has 1 aromatic rings. The molecule has 1 heterocycles. The third-order valence-corrected chi connectivity index (χ3v) is 5.59. The van der Waals surface area contributed by atoms with Gasteiger partial charge in [0.25, 0.3) is 5.91 Å². The zero-order valence-corrected chi connectivity index (χ0v) is 14.7. The Labute approximate surface area is 147 Å². The third kappa shape index (κ3) is 3.57. The van der Waals surface area contributed by atoms with Crippen molar-refractivity contribution in [1.29, 1.82) is 0 Å². The molecule has 2 aliphatic rings. The average Bonchev–Trinajstić information content (AvgIpc) is 2.85. The van der Waals surface area contributed by atoms with E-state index in [1.807, 2.05) is 12.1 Å². The van der Waals surface area contributed by atoms with Crippen molar-refractivity contribution in [3.63, 3.8) is 0 Å². The molecular formula is C18H24ClN3O2. The lowest BCUT2D eigenvalue weighted by Crippen LogP contribution is -2.52. The standard InChI is InChI=1S/C18H24ClN3O2/c1-2-12(13-3-5-14(19)6-4-13)11-20-15-7-9-18(10-8-15)16(23)21-17(24)22-18/h3-6,12,15,20H,2,7-11H2,1H3,(H2,21,22,23,24)/t12-,15?,18?/m1/s1. The molecule has 0 unspecified atom stereocenters. The highest BCUT2D eigenvalue weighted by molar-refractivity contribution is 6.30. The maximum absolute atomic E-state index is 12.0. The van der Waals surface area contributed by atoms with Gasteiger partial charge in [-0.2, -0.15) is 0 Å². The normalized spacial score (nSPS) is 27.8. The smallest absolute Gasteiger partial charge is 0.322 e. The molecule has 130 valence electrons. The quantitative estimate of drug-likeness (QED) is 0.716. The maximum atomic E-state index is 12.0. The van der Waals surface area contributed by atoms with Gasteiger partial charge in [0, 0.05) is 17.6 Å². The molecule has 1 aliphatic heterocycles. The number of halogens is 1. The Balaban J connectivity index is 1.52. The predicted octanol–water partition coefficient (Wildman–Crippen LogP) is 2.94. The molecule has 0 bridgehead atoms. The third-order valence-electron chi connectivity index (χ3n) is 5.34. The first kappa shape index (κ1) is 17.2. The van der Waals surface area contributed by atoms with Crippen LogP contribution in [0.2, 0.25) is 5.02 Å². The van der Waals surface area contributed by atoms with E-state index in [2.05, 4.69) is 35.0 Å².